The molecule has 224 valence electrons. The fourth-order valence-corrected chi connectivity index (χ4v) is 6.95. The molecule has 2 aliphatic carbocycles. The molecule has 1 aromatic carbocycles. The van der Waals surface area contributed by atoms with E-state index in [1.807, 2.05) is 6.92 Å². The van der Waals surface area contributed by atoms with Crippen LogP contribution in [0.5, 0.6) is 5.75 Å². The maximum atomic E-state index is 12.3. The maximum Gasteiger partial charge on any atom is 0.330 e. The van der Waals surface area contributed by atoms with Crippen molar-refractivity contribution >= 4 is 12.0 Å². The van der Waals surface area contributed by atoms with E-state index in [9.17, 15) is 35.4 Å². The first-order valence-electron chi connectivity index (χ1n) is 14.1. The molecule has 3 aliphatic rings. The van der Waals surface area contributed by atoms with Crippen molar-refractivity contribution in [3.63, 3.8) is 0 Å². The van der Waals surface area contributed by atoms with Crippen LogP contribution in [0.3, 0.4) is 0 Å². The molecule has 1 aliphatic heterocycles. The van der Waals surface area contributed by atoms with Crippen molar-refractivity contribution in [2.24, 2.45) is 23.2 Å². The third-order valence-electron chi connectivity index (χ3n) is 9.34. The lowest BCUT2D eigenvalue weighted by molar-refractivity contribution is -0.339. The van der Waals surface area contributed by atoms with Crippen molar-refractivity contribution in [3.8, 4) is 5.75 Å². The highest BCUT2D eigenvalue weighted by Crippen LogP contribution is 2.57. The smallest absolute Gasteiger partial charge is 0.330 e. The molecule has 6 N–H and O–H groups in total. The molecule has 40 heavy (non-hydrogen) atoms. The largest absolute Gasteiger partial charge is 0.508 e. The number of esters is 1. The number of aromatic hydroxyl groups is 1. The molecule has 1 aromatic rings. The Hall–Kier alpha value is -2.05. The lowest BCUT2D eigenvalue weighted by Crippen LogP contribution is -2.66. The number of benzene rings is 1. The van der Waals surface area contributed by atoms with Gasteiger partial charge in [-0.05, 0) is 68.2 Å². The van der Waals surface area contributed by atoms with Crippen LogP contribution in [0.2, 0.25) is 0 Å². The van der Waals surface area contributed by atoms with Crippen molar-refractivity contribution in [1.82, 2.24) is 0 Å². The Morgan fingerprint density at radius 2 is 1.73 bits per heavy atom. The fourth-order valence-electron chi connectivity index (χ4n) is 6.95. The van der Waals surface area contributed by atoms with E-state index in [-0.39, 0.29) is 17.6 Å². The molecule has 10 heteroatoms. The Bertz CT molecular complexity index is 1040. The van der Waals surface area contributed by atoms with Crippen LogP contribution in [-0.2, 0) is 19.0 Å². The van der Waals surface area contributed by atoms with Gasteiger partial charge in [0, 0.05) is 17.4 Å². The quantitative estimate of drug-likeness (QED) is 0.212. The van der Waals surface area contributed by atoms with Crippen LogP contribution in [0.1, 0.15) is 58.9 Å². The van der Waals surface area contributed by atoms with Gasteiger partial charge >= 0.3 is 5.97 Å². The first-order chi connectivity index (χ1) is 18.7. The van der Waals surface area contributed by atoms with Gasteiger partial charge < -0.3 is 44.8 Å². The van der Waals surface area contributed by atoms with Crippen LogP contribution < -0.4 is 0 Å². The minimum atomic E-state index is -1.63. The molecule has 1 heterocycles. The van der Waals surface area contributed by atoms with Crippen LogP contribution in [0, 0.1) is 23.2 Å². The van der Waals surface area contributed by atoms with Gasteiger partial charge in [0.1, 0.15) is 36.8 Å². The van der Waals surface area contributed by atoms with Crippen molar-refractivity contribution in [1.29, 1.82) is 0 Å². The lowest BCUT2D eigenvalue weighted by atomic mass is 9.50. The second-order valence-corrected chi connectivity index (χ2v) is 12.5. The van der Waals surface area contributed by atoms with Gasteiger partial charge in [-0.3, -0.25) is 0 Å². The van der Waals surface area contributed by atoms with E-state index in [0.29, 0.717) is 24.8 Å². The van der Waals surface area contributed by atoms with Crippen molar-refractivity contribution in [3.05, 3.63) is 35.9 Å². The highest BCUT2D eigenvalue weighted by Gasteiger charge is 2.61. The summed E-state index contributed by atoms with van der Waals surface area (Å²) in [4.78, 5) is 12.3. The number of aliphatic hydroxyl groups is 5. The normalized spacial score (nSPS) is 42.1. The Kier molecular flexibility index (Phi) is 9.31. The Labute approximate surface area is 235 Å². The van der Waals surface area contributed by atoms with Crippen molar-refractivity contribution in [2.45, 2.75) is 102 Å². The van der Waals surface area contributed by atoms with Crippen molar-refractivity contribution < 1.29 is 49.6 Å². The molecule has 0 radical (unpaired) electrons. The highest BCUT2D eigenvalue weighted by molar-refractivity contribution is 5.87. The zero-order valence-electron chi connectivity index (χ0n) is 23.6. The predicted octanol–water partition coefficient (Wildman–Crippen LogP) is 1.74. The van der Waals surface area contributed by atoms with Crippen LogP contribution in [0.4, 0.5) is 0 Å². The first kappa shape index (κ1) is 30.9. The molecule has 2 saturated carbocycles. The lowest BCUT2D eigenvalue weighted by Gasteiger charge is -2.60. The summed E-state index contributed by atoms with van der Waals surface area (Å²) in [6.07, 6.45) is -3.52. The van der Waals surface area contributed by atoms with Crippen LogP contribution in [0.25, 0.3) is 6.08 Å². The number of phenols is 1. The first-order valence-corrected chi connectivity index (χ1v) is 14.1. The number of rotatable bonds is 7. The van der Waals surface area contributed by atoms with Gasteiger partial charge in [-0.1, -0.05) is 32.9 Å². The van der Waals surface area contributed by atoms with E-state index in [1.165, 1.54) is 24.3 Å². The zero-order chi connectivity index (χ0) is 29.4. The van der Waals surface area contributed by atoms with Gasteiger partial charge in [0.25, 0.3) is 0 Å². The Morgan fingerprint density at radius 3 is 2.38 bits per heavy atom. The molecule has 0 aromatic heterocycles. The standard InChI is InChI=1S/C30H44O10/c1-16(2)19-11-13-29(3)21(32)12-14-30(4,37)27(29)26(19)40-28-25(36)24(35)23(34)20(39-28)15-38-22(33)10-7-17-5-8-18(31)9-6-17/h5-10,16,19-21,23-28,31-32,34-37H,11-15H2,1-4H3/b10-7+/t19-,20+,21-,23+,24-,25+,26+,27-,28-,29+,30-/m0/s1. The van der Waals surface area contributed by atoms with Crippen LogP contribution in [-0.4, -0.2) is 91.7 Å². The molecule has 11 atom stereocenters. The molecule has 4 rings (SSSR count). The molecule has 10 nitrogen and oxygen atoms in total. The van der Waals surface area contributed by atoms with Gasteiger partial charge in [0.05, 0.1) is 17.8 Å². The molecule has 0 unspecified atom stereocenters. The number of hydrogen-bond donors (Lipinski definition) is 6. The molecule has 1 saturated heterocycles. The summed E-state index contributed by atoms with van der Waals surface area (Å²) in [6.45, 7) is 7.43. The number of aliphatic hydroxyl groups excluding tert-OH is 4. The van der Waals surface area contributed by atoms with Gasteiger partial charge in [-0.15, -0.1) is 0 Å². The third kappa shape index (κ3) is 6.23. The minimum absolute atomic E-state index is 0.0176. The number of phenolic OH excluding ortho intramolecular Hbond substituents is 1. The number of carbonyl (C=O) groups is 1. The fraction of sp³-hybridized carbons (Fsp3) is 0.700. The van der Waals surface area contributed by atoms with Gasteiger partial charge in [0.15, 0.2) is 6.29 Å². The Morgan fingerprint density at radius 1 is 1.05 bits per heavy atom. The molecular weight excluding hydrogens is 520 g/mol. The summed E-state index contributed by atoms with van der Waals surface area (Å²) < 4.78 is 17.6. The van der Waals surface area contributed by atoms with E-state index in [1.54, 1.807) is 19.1 Å². The average Bonchev–Trinajstić information content (AvgIpc) is 2.90. The topological polar surface area (TPSA) is 166 Å². The van der Waals surface area contributed by atoms with Gasteiger partial charge in [0.2, 0.25) is 0 Å². The Balaban J connectivity index is 1.49. The summed E-state index contributed by atoms with van der Waals surface area (Å²) in [5.41, 5.74) is -1.09. The van der Waals surface area contributed by atoms with Crippen LogP contribution in [0.15, 0.2) is 30.3 Å². The SMILES string of the molecule is CC(C)[C@@H]1CC[C@]2(C)[C@@H](O)CC[C@](C)(O)[C@H]2[C@@H]1O[C@@H]1O[C@H](COC(=O)/C=C/c2ccc(O)cc2)[C@@H](O)[C@H](O)[C@H]1O. The van der Waals surface area contributed by atoms with E-state index in [0.717, 1.165) is 6.42 Å². The molecule has 0 amide bonds. The number of carbonyl (C=O) groups excluding carboxylic acids is 1. The van der Waals surface area contributed by atoms with E-state index >= 15 is 0 Å². The number of ether oxygens (including phenoxy) is 3. The second-order valence-electron chi connectivity index (χ2n) is 12.5. The highest BCUT2D eigenvalue weighted by atomic mass is 16.7. The molecule has 0 spiro atoms. The average molecular weight is 565 g/mol. The molecule has 0 bridgehead atoms. The monoisotopic (exact) mass is 564 g/mol. The molecule has 3 fully saturated rings. The number of fused-ring (bicyclic) bond motifs is 1. The summed E-state index contributed by atoms with van der Waals surface area (Å²) in [5, 5.41) is 63.9. The summed E-state index contributed by atoms with van der Waals surface area (Å²) in [7, 11) is 0. The van der Waals surface area contributed by atoms with Crippen LogP contribution >= 0.6 is 0 Å². The van der Waals surface area contributed by atoms with E-state index in [2.05, 4.69) is 13.8 Å². The minimum Gasteiger partial charge on any atom is -0.508 e. The third-order valence-corrected chi connectivity index (χ3v) is 9.34. The summed E-state index contributed by atoms with van der Waals surface area (Å²) in [5.74, 6) is -0.932. The van der Waals surface area contributed by atoms with Gasteiger partial charge in [-0.25, -0.2) is 4.79 Å². The van der Waals surface area contributed by atoms with E-state index < -0.39 is 72.4 Å². The maximum absolute atomic E-state index is 12.3. The zero-order valence-corrected chi connectivity index (χ0v) is 23.6. The van der Waals surface area contributed by atoms with Crippen molar-refractivity contribution in [2.75, 3.05) is 6.61 Å². The van der Waals surface area contributed by atoms with E-state index in [4.69, 9.17) is 14.2 Å². The predicted molar refractivity (Wildman–Crippen MR) is 145 cm³/mol. The molecular formula is C30H44O10. The second kappa shape index (κ2) is 12.1. The summed E-state index contributed by atoms with van der Waals surface area (Å²) >= 11 is 0. The number of hydrogen-bond acceptors (Lipinski definition) is 10. The summed E-state index contributed by atoms with van der Waals surface area (Å²) in [6, 6.07) is 6.21. The van der Waals surface area contributed by atoms with Gasteiger partial charge in [-0.2, -0.15) is 0 Å².